The Bertz CT molecular complexity index is 561. The molecule has 0 aliphatic rings. The van der Waals surface area contributed by atoms with Gasteiger partial charge in [0.05, 0.1) is 5.69 Å². The highest BCUT2D eigenvalue weighted by atomic mass is 35.5. The second kappa shape index (κ2) is 6.11. The molecule has 0 aliphatic heterocycles. The summed E-state index contributed by atoms with van der Waals surface area (Å²) in [5, 5.41) is 5.26. The number of aryl methyl sites for hydroxylation is 2. The van der Waals surface area contributed by atoms with E-state index in [9.17, 15) is 0 Å². The molecule has 102 valence electrons. The molecular weight excluding hydrogens is 258 g/mol. The van der Waals surface area contributed by atoms with Crippen LogP contribution in [0.2, 0.25) is 5.02 Å². The van der Waals surface area contributed by atoms with Crippen molar-refractivity contribution >= 4 is 17.4 Å². The number of nitrogens with two attached hydrogens (primary N) is 1. The number of nitrogens with zero attached hydrogens (tertiary/aromatic N) is 2. The SMILES string of the molecule is CCCCCc1nn(C)c(N)c1-c1cccc(Cl)c1. The molecule has 1 heterocycles. The van der Waals surface area contributed by atoms with Gasteiger partial charge in [-0.2, -0.15) is 5.10 Å². The first-order valence-corrected chi connectivity index (χ1v) is 7.08. The highest BCUT2D eigenvalue weighted by molar-refractivity contribution is 6.30. The van der Waals surface area contributed by atoms with E-state index in [0.717, 1.165) is 34.7 Å². The number of nitrogen functional groups attached to an aromatic ring is 1. The molecule has 2 rings (SSSR count). The van der Waals surface area contributed by atoms with Gasteiger partial charge in [0.1, 0.15) is 5.82 Å². The molecule has 2 N–H and O–H groups in total. The van der Waals surface area contributed by atoms with Crippen molar-refractivity contribution < 1.29 is 0 Å². The molecule has 0 fully saturated rings. The zero-order valence-corrected chi connectivity index (χ0v) is 12.2. The van der Waals surface area contributed by atoms with Gasteiger partial charge in [-0.1, -0.05) is 43.5 Å². The van der Waals surface area contributed by atoms with Gasteiger partial charge in [-0.05, 0) is 30.5 Å². The van der Waals surface area contributed by atoms with E-state index in [-0.39, 0.29) is 0 Å². The molecule has 0 spiro atoms. The van der Waals surface area contributed by atoms with E-state index in [1.807, 2.05) is 31.3 Å². The van der Waals surface area contributed by atoms with Crippen molar-refractivity contribution in [3.63, 3.8) is 0 Å². The molecule has 4 heteroatoms. The summed E-state index contributed by atoms with van der Waals surface area (Å²) in [6.45, 7) is 2.20. The Labute approximate surface area is 119 Å². The maximum atomic E-state index is 6.15. The number of hydrogen-bond acceptors (Lipinski definition) is 2. The standard InChI is InChI=1S/C15H20ClN3/c1-3-4-5-9-13-14(15(17)19(2)18-13)11-7-6-8-12(16)10-11/h6-8,10H,3-5,9,17H2,1-2H3. The van der Waals surface area contributed by atoms with E-state index < -0.39 is 0 Å². The lowest BCUT2D eigenvalue weighted by molar-refractivity contribution is 0.685. The number of hydrogen-bond donors (Lipinski definition) is 1. The summed E-state index contributed by atoms with van der Waals surface area (Å²) in [7, 11) is 1.88. The van der Waals surface area contributed by atoms with Gasteiger partial charge in [-0.3, -0.25) is 4.68 Å². The van der Waals surface area contributed by atoms with E-state index in [0.29, 0.717) is 5.82 Å². The van der Waals surface area contributed by atoms with Crippen LogP contribution in [0.5, 0.6) is 0 Å². The largest absolute Gasteiger partial charge is 0.383 e. The minimum Gasteiger partial charge on any atom is -0.383 e. The monoisotopic (exact) mass is 277 g/mol. The van der Waals surface area contributed by atoms with Crippen LogP contribution in [0.1, 0.15) is 31.9 Å². The fraction of sp³-hybridized carbons (Fsp3) is 0.400. The van der Waals surface area contributed by atoms with Crippen molar-refractivity contribution in [1.82, 2.24) is 9.78 Å². The normalized spacial score (nSPS) is 10.9. The smallest absolute Gasteiger partial charge is 0.129 e. The molecule has 0 saturated heterocycles. The first-order valence-electron chi connectivity index (χ1n) is 6.70. The van der Waals surface area contributed by atoms with E-state index >= 15 is 0 Å². The predicted molar refractivity (Wildman–Crippen MR) is 81.3 cm³/mol. The van der Waals surface area contributed by atoms with Crippen LogP contribution < -0.4 is 5.73 Å². The Morgan fingerprint density at radius 2 is 2.11 bits per heavy atom. The first kappa shape index (κ1) is 13.9. The van der Waals surface area contributed by atoms with E-state index in [4.69, 9.17) is 17.3 Å². The van der Waals surface area contributed by atoms with Crippen molar-refractivity contribution in [1.29, 1.82) is 0 Å². The molecule has 0 atom stereocenters. The van der Waals surface area contributed by atoms with Crippen LogP contribution in [0, 0.1) is 0 Å². The van der Waals surface area contributed by atoms with Crippen molar-refractivity contribution in [2.45, 2.75) is 32.6 Å². The van der Waals surface area contributed by atoms with Gasteiger partial charge < -0.3 is 5.73 Å². The Morgan fingerprint density at radius 3 is 2.79 bits per heavy atom. The number of rotatable bonds is 5. The summed E-state index contributed by atoms with van der Waals surface area (Å²) in [5.74, 6) is 0.703. The fourth-order valence-electron chi connectivity index (χ4n) is 2.27. The third-order valence-electron chi connectivity index (χ3n) is 3.29. The number of benzene rings is 1. The molecule has 1 aromatic carbocycles. The first-order chi connectivity index (χ1) is 9.13. The molecule has 0 unspecified atom stereocenters. The summed E-state index contributed by atoms with van der Waals surface area (Å²) in [5.41, 5.74) is 9.29. The number of halogens is 1. The van der Waals surface area contributed by atoms with Crippen LogP contribution in [0.15, 0.2) is 24.3 Å². The van der Waals surface area contributed by atoms with Crippen molar-refractivity contribution in [3.05, 3.63) is 35.0 Å². The van der Waals surface area contributed by atoms with Crippen molar-refractivity contribution in [3.8, 4) is 11.1 Å². The maximum absolute atomic E-state index is 6.15. The van der Waals surface area contributed by atoms with Gasteiger partial charge in [-0.25, -0.2) is 0 Å². The van der Waals surface area contributed by atoms with Gasteiger partial charge in [0.2, 0.25) is 0 Å². The second-order valence-corrected chi connectivity index (χ2v) is 5.23. The highest BCUT2D eigenvalue weighted by Gasteiger charge is 2.15. The number of anilines is 1. The van der Waals surface area contributed by atoms with E-state index in [1.165, 1.54) is 12.8 Å². The maximum Gasteiger partial charge on any atom is 0.129 e. The molecule has 2 aromatic rings. The Balaban J connectivity index is 2.37. The van der Waals surface area contributed by atoms with Crippen LogP contribution in [0.25, 0.3) is 11.1 Å². The van der Waals surface area contributed by atoms with Crippen LogP contribution >= 0.6 is 11.6 Å². The van der Waals surface area contributed by atoms with Crippen LogP contribution in [0.4, 0.5) is 5.82 Å². The van der Waals surface area contributed by atoms with Gasteiger partial charge >= 0.3 is 0 Å². The topological polar surface area (TPSA) is 43.8 Å². The van der Waals surface area contributed by atoms with Gasteiger partial charge in [0.15, 0.2) is 0 Å². The van der Waals surface area contributed by atoms with Gasteiger partial charge in [-0.15, -0.1) is 0 Å². The number of unbranched alkanes of at least 4 members (excludes halogenated alkanes) is 2. The van der Waals surface area contributed by atoms with Crippen LogP contribution in [0.3, 0.4) is 0 Å². The minimum atomic E-state index is 0.703. The quantitative estimate of drug-likeness (QED) is 0.838. The molecule has 3 nitrogen and oxygen atoms in total. The van der Waals surface area contributed by atoms with Crippen molar-refractivity contribution in [2.75, 3.05) is 5.73 Å². The van der Waals surface area contributed by atoms with Gasteiger partial charge in [0, 0.05) is 17.6 Å². The molecule has 0 aliphatic carbocycles. The molecule has 19 heavy (non-hydrogen) atoms. The lowest BCUT2D eigenvalue weighted by Gasteiger charge is -2.04. The third kappa shape index (κ3) is 3.10. The molecule has 1 aromatic heterocycles. The lowest BCUT2D eigenvalue weighted by Crippen LogP contribution is -1.98. The molecule has 0 bridgehead atoms. The Hall–Kier alpha value is -1.48. The third-order valence-corrected chi connectivity index (χ3v) is 3.53. The molecule has 0 saturated carbocycles. The average Bonchev–Trinajstić information content (AvgIpc) is 2.65. The summed E-state index contributed by atoms with van der Waals surface area (Å²) < 4.78 is 1.75. The summed E-state index contributed by atoms with van der Waals surface area (Å²) in [6, 6.07) is 7.79. The van der Waals surface area contributed by atoms with E-state index in [1.54, 1.807) is 4.68 Å². The summed E-state index contributed by atoms with van der Waals surface area (Å²) in [6.07, 6.45) is 4.52. The van der Waals surface area contributed by atoms with Crippen molar-refractivity contribution in [2.24, 2.45) is 7.05 Å². The van der Waals surface area contributed by atoms with Crippen LogP contribution in [-0.4, -0.2) is 9.78 Å². The van der Waals surface area contributed by atoms with E-state index in [2.05, 4.69) is 12.0 Å². The Kier molecular flexibility index (Phi) is 4.48. The van der Waals surface area contributed by atoms with Gasteiger partial charge in [0.25, 0.3) is 0 Å². The second-order valence-electron chi connectivity index (χ2n) is 4.80. The minimum absolute atomic E-state index is 0.703. The zero-order valence-electron chi connectivity index (χ0n) is 11.5. The average molecular weight is 278 g/mol. The number of aromatic nitrogens is 2. The highest BCUT2D eigenvalue weighted by Crippen LogP contribution is 2.31. The predicted octanol–water partition coefficient (Wildman–Crippen LogP) is 4.06. The zero-order chi connectivity index (χ0) is 13.8. The fourth-order valence-corrected chi connectivity index (χ4v) is 2.46. The Morgan fingerprint density at radius 1 is 1.32 bits per heavy atom. The summed E-state index contributed by atoms with van der Waals surface area (Å²) >= 11 is 6.06. The molecule has 0 radical (unpaired) electrons. The summed E-state index contributed by atoms with van der Waals surface area (Å²) in [4.78, 5) is 0. The molecular formula is C15H20ClN3. The molecule has 0 amide bonds. The van der Waals surface area contributed by atoms with Crippen LogP contribution in [-0.2, 0) is 13.5 Å². The lowest BCUT2D eigenvalue weighted by atomic mass is 10.0.